The highest BCUT2D eigenvalue weighted by molar-refractivity contribution is 7.13. The number of hydroxylamine groups is 2. The molecule has 0 fully saturated rings. The van der Waals surface area contributed by atoms with Crippen LogP contribution < -0.4 is 10.6 Å². The number of nitrogens with one attached hydrogen (secondary N) is 2. The highest BCUT2D eigenvalue weighted by Gasteiger charge is 2.38. The van der Waals surface area contributed by atoms with Crippen molar-refractivity contribution in [2.75, 3.05) is 5.32 Å². The Hall–Kier alpha value is -2.37. The minimum Gasteiger partial charge on any atom is -0.343 e. The first kappa shape index (κ1) is 26.9. The van der Waals surface area contributed by atoms with Gasteiger partial charge in [-0.25, -0.2) is 5.06 Å². The molecule has 0 aliphatic heterocycles. The first-order valence-electron chi connectivity index (χ1n) is 11.0. The molecule has 3 amide bonds. The average Bonchev–Trinajstić information content (AvgIpc) is 3.46. The van der Waals surface area contributed by atoms with Crippen LogP contribution in [0.2, 0.25) is 0 Å². The number of rotatable bonds is 13. The van der Waals surface area contributed by atoms with Gasteiger partial charge in [0.25, 0.3) is 0 Å². The summed E-state index contributed by atoms with van der Waals surface area (Å²) in [5, 5.41) is 26.3. The molecule has 2 aromatic heterocycles. The number of aryl methyl sites for hydroxylation is 1. The minimum atomic E-state index is -0.848. The van der Waals surface area contributed by atoms with Crippen molar-refractivity contribution in [1.29, 1.82) is 0 Å². The van der Waals surface area contributed by atoms with E-state index in [2.05, 4.69) is 20.8 Å². The smallest absolute Gasteiger partial charge is 0.249 e. The molecule has 3 N–H and O–H groups in total. The number of carbonyl (C=O) groups is 3. The number of aromatic nitrogens is 2. The topological polar surface area (TPSA) is 125 Å². The number of anilines is 1. The number of amides is 3. The summed E-state index contributed by atoms with van der Waals surface area (Å²) in [6.07, 6.45) is 3.46. The molecule has 2 rings (SSSR count). The molecule has 2 aromatic rings. The van der Waals surface area contributed by atoms with Crippen molar-refractivity contribution in [2.45, 2.75) is 71.9 Å². The summed E-state index contributed by atoms with van der Waals surface area (Å²) in [6, 6.07) is 2.50. The normalized spacial score (nSPS) is 14.2. The third kappa shape index (κ3) is 8.17. The van der Waals surface area contributed by atoms with Gasteiger partial charge in [0, 0.05) is 4.88 Å². The van der Waals surface area contributed by atoms with Crippen LogP contribution in [0, 0.1) is 11.3 Å². The number of nitrogens with zero attached hydrogens (tertiary/aromatic N) is 3. The maximum Gasteiger partial charge on any atom is 0.249 e. The van der Waals surface area contributed by atoms with E-state index in [1.165, 1.54) is 21.7 Å². The van der Waals surface area contributed by atoms with E-state index >= 15 is 0 Å². The molecule has 2 heterocycles. The highest BCUT2D eigenvalue weighted by Crippen LogP contribution is 2.26. The second-order valence-corrected chi connectivity index (χ2v) is 10.8. The Morgan fingerprint density at radius 1 is 1.24 bits per heavy atom. The number of carbonyl (C=O) groups excluding carboxylic acids is 3. The van der Waals surface area contributed by atoms with E-state index in [-0.39, 0.29) is 5.91 Å². The van der Waals surface area contributed by atoms with Gasteiger partial charge in [-0.2, -0.15) is 0 Å². The monoisotopic (exact) mass is 495 g/mol. The number of hydrogen-bond donors (Lipinski definition) is 3. The minimum absolute atomic E-state index is 0.337. The lowest BCUT2D eigenvalue weighted by Gasteiger charge is -2.34. The second-order valence-electron chi connectivity index (χ2n) is 8.96. The Labute approximate surface area is 202 Å². The fourth-order valence-corrected chi connectivity index (χ4v) is 4.87. The lowest BCUT2D eigenvalue weighted by molar-refractivity contribution is -0.169. The van der Waals surface area contributed by atoms with Crippen LogP contribution in [0.15, 0.2) is 23.0 Å². The summed E-state index contributed by atoms with van der Waals surface area (Å²) in [4.78, 5) is 39.0. The van der Waals surface area contributed by atoms with Gasteiger partial charge in [-0.15, -0.1) is 21.5 Å². The van der Waals surface area contributed by atoms with Crippen molar-refractivity contribution < 1.29 is 19.6 Å². The van der Waals surface area contributed by atoms with E-state index in [0.717, 1.165) is 6.42 Å². The van der Waals surface area contributed by atoms with Crippen LogP contribution in [0.3, 0.4) is 0 Å². The number of hydrogen-bond acceptors (Lipinski definition) is 8. The van der Waals surface area contributed by atoms with Crippen LogP contribution in [0.4, 0.5) is 5.13 Å². The van der Waals surface area contributed by atoms with Crippen molar-refractivity contribution in [3.63, 3.8) is 0 Å². The second kappa shape index (κ2) is 12.8. The Kier molecular flexibility index (Phi) is 10.4. The molecular weight excluding hydrogens is 462 g/mol. The van der Waals surface area contributed by atoms with Crippen LogP contribution in [-0.4, -0.2) is 50.8 Å². The van der Waals surface area contributed by atoms with Gasteiger partial charge in [0.1, 0.15) is 11.6 Å². The maximum atomic E-state index is 13.5. The molecule has 0 saturated carbocycles. The molecule has 3 atom stereocenters. The standard InChI is InChI=1S/C22H33N5O4S2/c1-5-8-17(27(31)14-28)16(11-6-9-15-10-7-12-32-15)19(29)24-18(22(2,3)4)20(30)25-21-26-23-13-33-21/h7,10,12-14,16-18,31H,5-6,8-9,11H2,1-4H3,(H,24,29)(H,25,26,30)/t16-,17-,18+/m0/s1. The quantitative estimate of drug-likeness (QED) is 0.221. The van der Waals surface area contributed by atoms with E-state index in [9.17, 15) is 19.6 Å². The van der Waals surface area contributed by atoms with Crippen molar-refractivity contribution in [3.8, 4) is 0 Å². The fourth-order valence-electron chi connectivity index (χ4n) is 3.67. The van der Waals surface area contributed by atoms with Gasteiger partial charge < -0.3 is 5.32 Å². The molecule has 33 heavy (non-hydrogen) atoms. The Morgan fingerprint density at radius 2 is 2.00 bits per heavy atom. The fraction of sp³-hybridized carbons (Fsp3) is 0.591. The summed E-state index contributed by atoms with van der Waals surface area (Å²) >= 11 is 2.84. The predicted octanol–water partition coefficient (Wildman–Crippen LogP) is 3.72. The first-order chi connectivity index (χ1) is 15.7. The van der Waals surface area contributed by atoms with Crippen molar-refractivity contribution in [2.24, 2.45) is 11.3 Å². The summed E-state index contributed by atoms with van der Waals surface area (Å²) in [5.41, 5.74) is 0.921. The summed E-state index contributed by atoms with van der Waals surface area (Å²) in [5.74, 6) is -1.43. The van der Waals surface area contributed by atoms with Crippen LogP contribution in [0.25, 0.3) is 0 Å². The van der Waals surface area contributed by atoms with Crippen molar-refractivity contribution in [1.82, 2.24) is 20.6 Å². The van der Waals surface area contributed by atoms with E-state index in [0.29, 0.717) is 42.3 Å². The van der Waals surface area contributed by atoms with Gasteiger partial charge in [-0.1, -0.05) is 51.5 Å². The SMILES string of the molecule is CCC[C@@H]([C@H](CCCc1cccs1)C(=O)N[C@H](C(=O)Nc1nncs1)C(C)(C)C)N(O)C=O. The van der Waals surface area contributed by atoms with Gasteiger partial charge in [0.2, 0.25) is 23.4 Å². The largest absolute Gasteiger partial charge is 0.343 e. The molecule has 0 spiro atoms. The molecule has 0 unspecified atom stereocenters. The van der Waals surface area contributed by atoms with E-state index < -0.39 is 29.3 Å². The third-order valence-electron chi connectivity index (χ3n) is 5.36. The molecule has 0 aromatic carbocycles. The zero-order chi connectivity index (χ0) is 24.4. The van der Waals surface area contributed by atoms with Gasteiger partial charge in [0.05, 0.1) is 12.0 Å². The third-order valence-corrected chi connectivity index (χ3v) is 6.90. The van der Waals surface area contributed by atoms with Crippen LogP contribution in [0.5, 0.6) is 0 Å². The van der Waals surface area contributed by atoms with Gasteiger partial charge >= 0.3 is 0 Å². The van der Waals surface area contributed by atoms with E-state index in [1.54, 1.807) is 11.3 Å². The summed E-state index contributed by atoms with van der Waals surface area (Å²) in [6.45, 7) is 7.50. The average molecular weight is 496 g/mol. The van der Waals surface area contributed by atoms with Crippen LogP contribution in [-0.2, 0) is 20.8 Å². The van der Waals surface area contributed by atoms with Gasteiger partial charge in [-0.05, 0) is 42.5 Å². The first-order valence-corrected chi connectivity index (χ1v) is 12.8. The van der Waals surface area contributed by atoms with Gasteiger partial charge in [0.15, 0.2) is 0 Å². The zero-order valence-corrected chi connectivity index (χ0v) is 21.1. The molecular formula is C22H33N5O4S2. The van der Waals surface area contributed by atoms with Crippen LogP contribution in [0.1, 0.15) is 58.3 Å². The van der Waals surface area contributed by atoms with Crippen LogP contribution >= 0.6 is 22.7 Å². The van der Waals surface area contributed by atoms with Crippen molar-refractivity contribution in [3.05, 3.63) is 27.9 Å². The molecule has 182 valence electrons. The molecule has 0 aliphatic carbocycles. The summed E-state index contributed by atoms with van der Waals surface area (Å²) in [7, 11) is 0. The lowest BCUT2D eigenvalue weighted by Crippen LogP contribution is -2.55. The van der Waals surface area contributed by atoms with Gasteiger partial charge in [-0.3, -0.25) is 24.9 Å². The van der Waals surface area contributed by atoms with E-state index in [4.69, 9.17) is 0 Å². The molecule has 9 nitrogen and oxygen atoms in total. The Balaban J connectivity index is 2.20. The Bertz CT molecular complexity index is 868. The predicted molar refractivity (Wildman–Crippen MR) is 129 cm³/mol. The number of thiophene rings is 1. The molecule has 0 bridgehead atoms. The molecule has 11 heteroatoms. The molecule has 0 radical (unpaired) electrons. The summed E-state index contributed by atoms with van der Waals surface area (Å²) < 4.78 is 0. The highest BCUT2D eigenvalue weighted by atomic mass is 32.1. The van der Waals surface area contributed by atoms with Crippen molar-refractivity contribution >= 4 is 46.0 Å². The molecule has 0 saturated heterocycles. The zero-order valence-electron chi connectivity index (χ0n) is 19.5. The maximum absolute atomic E-state index is 13.5. The Morgan fingerprint density at radius 3 is 2.55 bits per heavy atom. The lowest BCUT2D eigenvalue weighted by atomic mass is 9.84. The van der Waals surface area contributed by atoms with E-state index in [1.807, 2.05) is 45.2 Å². The molecule has 0 aliphatic rings.